The minimum Gasteiger partial charge on any atom is -0.296 e. The van der Waals surface area contributed by atoms with Crippen molar-refractivity contribution in [3.05, 3.63) is 34.4 Å². The molecule has 0 N–H and O–H groups in total. The van der Waals surface area contributed by atoms with Crippen LogP contribution in [0.25, 0.3) is 0 Å². The van der Waals surface area contributed by atoms with Gasteiger partial charge in [-0.2, -0.15) is 0 Å². The van der Waals surface area contributed by atoms with Gasteiger partial charge < -0.3 is 0 Å². The molecule has 2 unspecified atom stereocenters. The Balaban J connectivity index is 1.82. The lowest BCUT2D eigenvalue weighted by molar-refractivity contribution is 0.0896. The average Bonchev–Trinajstić information content (AvgIpc) is 2.52. The Hall–Kier alpha value is -0.820. The summed E-state index contributed by atoms with van der Waals surface area (Å²) in [7, 11) is 0. The highest BCUT2D eigenvalue weighted by Crippen LogP contribution is 2.40. The molecule has 2 atom stereocenters. The summed E-state index contributed by atoms with van der Waals surface area (Å²) in [6, 6.07) is 5.81. The van der Waals surface area contributed by atoms with Gasteiger partial charge in [-0.3, -0.25) is 4.90 Å². The normalized spacial score (nSPS) is 25.1. The van der Waals surface area contributed by atoms with Gasteiger partial charge in [0.2, 0.25) is 0 Å². The third-order valence-electron chi connectivity index (χ3n) is 5.84. The summed E-state index contributed by atoms with van der Waals surface area (Å²) in [6.45, 7) is 12.0. The van der Waals surface area contributed by atoms with Gasteiger partial charge in [0.15, 0.2) is 0 Å². The van der Waals surface area contributed by atoms with Crippen LogP contribution < -0.4 is 0 Å². The van der Waals surface area contributed by atoms with Crippen LogP contribution in [0.4, 0.5) is 0 Å². The summed E-state index contributed by atoms with van der Waals surface area (Å²) in [6.07, 6.45) is 7.83. The van der Waals surface area contributed by atoms with Gasteiger partial charge in [-0.15, -0.1) is 0 Å². The van der Waals surface area contributed by atoms with E-state index in [1.807, 2.05) is 0 Å². The van der Waals surface area contributed by atoms with Crippen LogP contribution in [0.3, 0.4) is 0 Å². The molecule has 0 aliphatic carbocycles. The highest BCUT2D eigenvalue weighted by Gasteiger charge is 2.33. The molecule has 2 aliphatic heterocycles. The molecule has 2 aliphatic rings. The predicted octanol–water partition coefficient (Wildman–Crippen LogP) is 5.17. The summed E-state index contributed by atoms with van der Waals surface area (Å²) >= 11 is 0. The molecular weight excluding hydrogens is 266 g/mol. The molecule has 1 aromatic rings. The highest BCUT2D eigenvalue weighted by molar-refractivity contribution is 5.42. The summed E-state index contributed by atoms with van der Waals surface area (Å²) in [5.41, 5.74) is 6.50. The Morgan fingerprint density at radius 3 is 2.50 bits per heavy atom. The number of aryl methyl sites for hydroxylation is 2. The van der Waals surface area contributed by atoms with Crippen molar-refractivity contribution in [2.24, 2.45) is 11.8 Å². The minimum absolute atomic E-state index is 0.711. The van der Waals surface area contributed by atoms with Crippen LogP contribution in [-0.4, -0.2) is 18.0 Å². The molecule has 3 rings (SSSR count). The lowest BCUT2D eigenvalue weighted by Crippen LogP contribution is -2.42. The maximum Gasteiger partial charge on any atom is 0.0351 e. The van der Waals surface area contributed by atoms with E-state index < -0.39 is 0 Å². The number of benzene rings is 1. The third kappa shape index (κ3) is 3.11. The van der Waals surface area contributed by atoms with Crippen LogP contribution in [0.1, 0.15) is 75.3 Å². The highest BCUT2D eigenvalue weighted by atomic mass is 15.2. The minimum atomic E-state index is 0.711. The van der Waals surface area contributed by atoms with Gasteiger partial charge in [0.25, 0.3) is 0 Å². The number of hydrogen-bond donors (Lipinski definition) is 0. The molecule has 2 heterocycles. The van der Waals surface area contributed by atoms with E-state index >= 15 is 0 Å². The van der Waals surface area contributed by atoms with Crippen LogP contribution in [0.15, 0.2) is 12.1 Å². The number of rotatable bonds is 4. The SMILES string of the molecule is CCc1cc2c(cc1CC)C1CCC(CC(C)C)CN1CC2. The first-order chi connectivity index (χ1) is 10.6. The third-order valence-corrected chi connectivity index (χ3v) is 5.84. The van der Waals surface area contributed by atoms with E-state index in [0.717, 1.165) is 11.8 Å². The molecule has 0 amide bonds. The Kier molecular flexibility index (Phi) is 4.92. The van der Waals surface area contributed by atoms with E-state index in [1.54, 1.807) is 22.3 Å². The van der Waals surface area contributed by atoms with Gasteiger partial charge in [0.1, 0.15) is 0 Å². The molecule has 1 fully saturated rings. The fourth-order valence-electron chi connectivity index (χ4n) is 4.79. The summed E-state index contributed by atoms with van der Waals surface area (Å²) in [5, 5.41) is 0. The van der Waals surface area contributed by atoms with Crippen LogP contribution in [0.2, 0.25) is 0 Å². The fraction of sp³-hybridized carbons (Fsp3) is 0.714. The Labute approximate surface area is 137 Å². The molecule has 0 radical (unpaired) electrons. The molecule has 0 aromatic heterocycles. The maximum atomic E-state index is 2.80. The van der Waals surface area contributed by atoms with Gasteiger partial charge in [-0.25, -0.2) is 0 Å². The van der Waals surface area contributed by atoms with Crippen molar-refractivity contribution in [3.8, 4) is 0 Å². The summed E-state index contributed by atoms with van der Waals surface area (Å²) in [5.74, 6) is 1.77. The molecule has 1 aromatic carbocycles. The largest absolute Gasteiger partial charge is 0.296 e. The van der Waals surface area contributed by atoms with Crippen molar-refractivity contribution < 1.29 is 0 Å². The molecule has 22 heavy (non-hydrogen) atoms. The number of hydrogen-bond acceptors (Lipinski definition) is 1. The van der Waals surface area contributed by atoms with Crippen molar-refractivity contribution in [2.75, 3.05) is 13.1 Å². The first kappa shape index (κ1) is 16.1. The van der Waals surface area contributed by atoms with E-state index in [2.05, 4.69) is 44.7 Å². The number of piperidine rings is 1. The second-order valence-electron chi connectivity index (χ2n) is 7.86. The van der Waals surface area contributed by atoms with Gasteiger partial charge in [0.05, 0.1) is 0 Å². The second kappa shape index (κ2) is 6.74. The van der Waals surface area contributed by atoms with E-state index in [0.29, 0.717) is 6.04 Å². The molecule has 1 heteroatoms. The van der Waals surface area contributed by atoms with Crippen LogP contribution in [-0.2, 0) is 19.3 Å². The number of fused-ring (bicyclic) bond motifs is 3. The van der Waals surface area contributed by atoms with Gasteiger partial charge in [0, 0.05) is 19.1 Å². The standard InChI is InChI=1S/C21H33N/c1-5-17-12-19-9-10-22-14-16(11-15(3)4)7-8-21(22)20(19)13-18(17)6-2/h12-13,15-16,21H,5-11,14H2,1-4H3. The van der Waals surface area contributed by atoms with Gasteiger partial charge in [-0.1, -0.05) is 39.8 Å². The van der Waals surface area contributed by atoms with Gasteiger partial charge >= 0.3 is 0 Å². The summed E-state index contributed by atoms with van der Waals surface area (Å²) < 4.78 is 0. The lowest BCUT2D eigenvalue weighted by atomic mass is 9.79. The first-order valence-electron chi connectivity index (χ1n) is 9.50. The average molecular weight is 300 g/mol. The van der Waals surface area contributed by atoms with E-state index in [9.17, 15) is 0 Å². The molecule has 1 saturated heterocycles. The van der Waals surface area contributed by atoms with Crippen molar-refractivity contribution in [1.82, 2.24) is 4.90 Å². The van der Waals surface area contributed by atoms with E-state index in [1.165, 1.54) is 51.6 Å². The zero-order valence-electron chi connectivity index (χ0n) is 15.0. The van der Waals surface area contributed by atoms with Gasteiger partial charge in [-0.05, 0) is 72.6 Å². The van der Waals surface area contributed by atoms with E-state index in [-0.39, 0.29) is 0 Å². The first-order valence-corrected chi connectivity index (χ1v) is 9.50. The smallest absolute Gasteiger partial charge is 0.0351 e. The molecule has 1 nitrogen and oxygen atoms in total. The zero-order valence-corrected chi connectivity index (χ0v) is 15.0. The van der Waals surface area contributed by atoms with Crippen molar-refractivity contribution >= 4 is 0 Å². The van der Waals surface area contributed by atoms with Crippen molar-refractivity contribution in [3.63, 3.8) is 0 Å². The van der Waals surface area contributed by atoms with Crippen LogP contribution in [0.5, 0.6) is 0 Å². The molecule has 0 spiro atoms. The second-order valence-corrected chi connectivity index (χ2v) is 7.86. The van der Waals surface area contributed by atoms with Crippen molar-refractivity contribution in [1.29, 1.82) is 0 Å². The molecule has 122 valence electrons. The topological polar surface area (TPSA) is 3.24 Å². The van der Waals surface area contributed by atoms with Crippen LogP contribution >= 0.6 is 0 Å². The zero-order chi connectivity index (χ0) is 15.7. The Bertz CT molecular complexity index is 517. The monoisotopic (exact) mass is 299 g/mol. The lowest BCUT2D eigenvalue weighted by Gasteiger charge is -2.44. The quantitative estimate of drug-likeness (QED) is 0.741. The summed E-state index contributed by atoms with van der Waals surface area (Å²) in [4.78, 5) is 2.80. The predicted molar refractivity (Wildman–Crippen MR) is 95.4 cm³/mol. The van der Waals surface area contributed by atoms with E-state index in [4.69, 9.17) is 0 Å². The van der Waals surface area contributed by atoms with Crippen LogP contribution in [0, 0.1) is 11.8 Å². The maximum absolute atomic E-state index is 2.80. The molecule has 0 saturated carbocycles. The fourth-order valence-corrected chi connectivity index (χ4v) is 4.79. The van der Waals surface area contributed by atoms with Crippen molar-refractivity contribution in [2.45, 2.75) is 72.3 Å². The number of nitrogens with zero attached hydrogens (tertiary/aromatic N) is 1. The Morgan fingerprint density at radius 1 is 1.09 bits per heavy atom. The molecule has 0 bridgehead atoms. The Morgan fingerprint density at radius 2 is 1.82 bits per heavy atom. The molecular formula is C21H33N.